The molecule has 0 amide bonds. The summed E-state index contributed by atoms with van der Waals surface area (Å²) in [5.74, 6) is 3.11. The Hall–Kier alpha value is -3.86. The van der Waals surface area contributed by atoms with E-state index in [0.29, 0.717) is 19.0 Å². The van der Waals surface area contributed by atoms with Gasteiger partial charge in [-0.05, 0) is 19.1 Å². The zero-order chi connectivity index (χ0) is 23.1. The summed E-state index contributed by atoms with van der Waals surface area (Å²) in [6.07, 6.45) is 3.54. The third kappa shape index (κ3) is 3.58. The van der Waals surface area contributed by atoms with Gasteiger partial charge in [0, 0.05) is 51.1 Å². The van der Waals surface area contributed by atoms with E-state index >= 15 is 0 Å². The highest BCUT2D eigenvalue weighted by atomic mass is 16.5. The Morgan fingerprint density at radius 2 is 1.88 bits per heavy atom. The summed E-state index contributed by atoms with van der Waals surface area (Å²) in [4.78, 5) is 16.6. The number of morpholine rings is 1. The summed E-state index contributed by atoms with van der Waals surface area (Å²) < 4.78 is 7.42. The zero-order valence-electron chi connectivity index (χ0n) is 19.1. The summed E-state index contributed by atoms with van der Waals surface area (Å²) in [6, 6.07) is 10.3. The molecule has 2 aliphatic rings. The summed E-state index contributed by atoms with van der Waals surface area (Å²) in [5.41, 5.74) is 8.26. The van der Waals surface area contributed by atoms with Crippen LogP contribution < -0.4 is 20.4 Å². The summed E-state index contributed by atoms with van der Waals surface area (Å²) in [7, 11) is 0. The fourth-order valence-corrected chi connectivity index (χ4v) is 4.83. The summed E-state index contributed by atoms with van der Waals surface area (Å²) >= 11 is 0. The number of hydrogen-bond donors (Lipinski definition) is 2. The highest BCUT2D eigenvalue weighted by Crippen LogP contribution is 2.36. The molecule has 34 heavy (non-hydrogen) atoms. The molecule has 0 saturated carbocycles. The van der Waals surface area contributed by atoms with Gasteiger partial charge in [0.15, 0.2) is 17.3 Å². The summed E-state index contributed by atoms with van der Waals surface area (Å²) in [6.45, 7) is 7.77. The number of anilines is 4. The molecule has 6 rings (SSSR count). The van der Waals surface area contributed by atoms with Gasteiger partial charge >= 0.3 is 0 Å². The van der Waals surface area contributed by atoms with Gasteiger partial charge in [-0.3, -0.25) is 5.10 Å². The van der Waals surface area contributed by atoms with Gasteiger partial charge in [-0.1, -0.05) is 6.07 Å². The van der Waals surface area contributed by atoms with Gasteiger partial charge in [0.25, 0.3) is 0 Å². The average molecular weight is 461 g/mol. The number of pyridine rings is 2. The molecule has 4 aromatic rings. The van der Waals surface area contributed by atoms with Gasteiger partial charge in [0.05, 0.1) is 36.5 Å². The number of aromatic nitrogens is 6. The van der Waals surface area contributed by atoms with Gasteiger partial charge in [0.2, 0.25) is 0 Å². The number of H-pyrrole nitrogens is 1. The lowest BCUT2D eigenvalue weighted by atomic mass is 10.1. The summed E-state index contributed by atoms with van der Waals surface area (Å²) in [5, 5.41) is 12.6. The van der Waals surface area contributed by atoms with Crippen molar-refractivity contribution in [3.8, 4) is 5.82 Å². The Morgan fingerprint density at radius 3 is 2.62 bits per heavy atom. The number of ether oxygens (including phenoxy) is 1. The van der Waals surface area contributed by atoms with E-state index in [9.17, 15) is 0 Å². The van der Waals surface area contributed by atoms with Crippen LogP contribution in [0.5, 0.6) is 0 Å². The Morgan fingerprint density at radius 1 is 1.03 bits per heavy atom. The first-order valence-electron chi connectivity index (χ1n) is 11.6. The maximum Gasteiger partial charge on any atom is 0.171 e. The first-order valence-corrected chi connectivity index (χ1v) is 11.6. The number of nitrogens with zero attached hydrogens (tertiary/aromatic N) is 8. The minimum absolute atomic E-state index is 0.230. The second kappa shape index (κ2) is 8.49. The lowest BCUT2D eigenvalue weighted by Crippen LogP contribution is -2.47. The van der Waals surface area contributed by atoms with Gasteiger partial charge in [-0.25, -0.2) is 9.97 Å². The minimum Gasteiger partial charge on any atom is -0.382 e. The van der Waals surface area contributed by atoms with Crippen molar-refractivity contribution in [1.82, 2.24) is 29.9 Å². The fourth-order valence-electron chi connectivity index (χ4n) is 4.83. The van der Waals surface area contributed by atoms with E-state index in [2.05, 4.69) is 54.0 Å². The fraction of sp³-hybridized carbons (Fsp3) is 0.391. The van der Waals surface area contributed by atoms with E-state index in [0.717, 1.165) is 66.9 Å². The molecular weight excluding hydrogens is 432 g/mol. The number of rotatable bonds is 4. The van der Waals surface area contributed by atoms with E-state index in [1.54, 1.807) is 10.9 Å². The Balaban J connectivity index is 1.41. The SMILES string of the molecule is C[C@@H]1COCCN1c1cc(N2CCN(c3ccccn3)CC2)c2c(N)nn(-c3ccn[nH]3)c2n1. The number of nitrogen functional groups attached to an aromatic ring is 1. The van der Waals surface area contributed by atoms with Crippen molar-refractivity contribution >= 4 is 34.2 Å². The number of nitrogens with one attached hydrogen (secondary N) is 1. The molecule has 4 aromatic heterocycles. The third-order valence-electron chi connectivity index (χ3n) is 6.60. The smallest absolute Gasteiger partial charge is 0.171 e. The molecule has 0 spiro atoms. The largest absolute Gasteiger partial charge is 0.382 e. The van der Waals surface area contributed by atoms with E-state index in [1.807, 2.05) is 24.4 Å². The van der Waals surface area contributed by atoms with Crippen LogP contribution in [0, 0.1) is 0 Å². The van der Waals surface area contributed by atoms with Crippen LogP contribution in [0.4, 0.5) is 23.1 Å². The molecule has 6 heterocycles. The molecule has 2 fully saturated rings. The first kappa shape index (κ1) is 20.7. The third-order valence-corrected chi connectivity index (χ3v) is 6.60. The molecule has 0 radical (unpaired) electrons. The van der Waals surface area contributed by atoms with E-state index < -0.39 is 0 Å². The van der Waals surface area contributed by atoms with E-state index in [1.165, 1.54) is 0 Å². The van der Waals surface area contributed by atoms with Crippen LogP contribution in [0.1, 0.15) is 6.92 Å². The molecule has 0 aromatic carbocycles. The zero-order valence-corrected chi connectivity index (χ0v) is 19.1. The molecular formula is C23H28N10O. The van der Waals surface area contributed by atoms with Crippen molar-refractivity contribution in [2.45, 2.75) is 13.0 Å². The van der Waals surface area contributed by atoms with Crippen molar-refractivity contribution in [2.75, 3.05) is 66.4 Å². The van der Waals surface area contributed by atoms with Crippen LogP contribution >= 0.6 is 0 Å². The second-order valence-electron chi connectivity index (χ2n) is 8.72. The van der Waals surface area contributed by atoms with Crippen LogP contribution in [0.2, 0.25) is 0 Å². The number of aromatic amines is 1. The van der Waals surface area contributed by atoms with Crippen LogP contribution in [-0.4, -0.2) is 81.9 Å². The molecule has 0 aliphatic carbocycles. The number of hydrogen-bond acceptors (Lipinski definition) is 9. The lowest BCUT2D eigenvalue weighted by Gasteiger charge is -2.38. The van der Waals surface area contributed by atoms with Crippen molar-refractivity contribution in [3.05, 3.63) is 42.7 Å². The van der Waals surface area contributed by atoms with E-state index in [-0.39, 0.29) is 6.04 Å². The van der Waals surface area contributed by atoms with Crippen LogP contribution in [-0.2, 0) is 4.74 Å². The highest BCUT2D eigenvalue weighted by Gasteiger charge is 2.27. The predicted octanol–water partition coefficient (Wildman–Crippen LogP) is 1.67. The quantitative estimate of drug-likeness (QED) is 0.469. The van der Waals surface area contributed by atoms with Crippen LogP contribution in [0.25, 0.3) is 16.9 Å². The molecule has 11 heteroatoms. The van der Waals surface area contributed by atoms with Gasteiger partial charge in [0.1, 0.15) is 11.6 Å². The van der Waals surface area contributed by atoms with Crippen molar-refractivity contribution in [1.29, 1.82) is 0 Å². The molecule has 2 saturated heterocycles. The average Bonchev–Trinajstić information content (AvgIpc) is 3.53. The second-order valence-corrected chi connectivity index (χ2v) is 8.72. The maximum absolute atomic E-state index is 6.48. The normalized spacial score (nSPS) is 19.2. The monoisotopic (exact) mass is 460 g/mol. The number of fused-ring (bicyclic) bond motifs is 1. The Bertz CT molecular complexity index is 1260. The molecule has 1 atom stereocenters. The van der Waals surface area contributed by atoms with Crippen molar-refractivity contribution < 1.29 is 4.74 Å². The van der Waals surface area contributed by atoms with Gasteiger partial charge < -0.3 is 25.2 Å². The molecule has 0 unspecified atom stereocenters. The molecule has 176 valence electrons. The van der Waals surface area contributed by atoms with Crippen molar-refractivity contribution in [3.63, 3.8) is 0 Å². The van der Waals surface area contributed by atoms with Crippen LogP contribution in [0.3, 0.4) is 0 Å². The maximum atomic E-state index is 6.48. The van der Waals surface area contributed by atoms with E-state index in [4.69, 9.17) is 15.5 Å². The highest BCUT2D eigenvalue weighted by molar-refractivity contribution is 6.00. The Kier molecular flexibility index (Phi) is 5.17. The number of nitrogens with two attached hydrogens (primary N) is 1. The molecule has 0 bridgehead atoms. The number of piperazine rings is 1. The minimum atomic E-state index is 0.230. The van der Waals surface area contributed by atoms with Crippen molar-refractivity contribution in [2.24, 2.45) is 0 Å². The van der Waals surface area contributed by atoms with Gasteiger partial charge in [-0.15, -0.1) is 5.10 Å². The topological polar surface area (TPSA) is 117 Å². The molecule has 2 aliphatic heterocycles. The standard InChI is InChI=1S/C23H28N10O/c1-16-15-34-13-12-32(16)20-14-17(30-8-10-31(11-9-30)18-4-2-3-6-25-18)21-22(24)29-33(23(21)27-20)19-5-7-26-28-19/h2-7,14,16H,8-13,15H2,1H3,(H2,24,29)(H,26,28)/t16-/m1/s1. The predicted molar refractivity (Wildman–Crippen MR) is 132 cm³/mol. The first-order chi connectivity index (χ1) is 16.7. The van der Waals surface area contributed by atoms with Gasteiger partial charge in [-0.2, -0.15) is 9.78 Å². The molecule has 11 nitrogen and oxygen atoms in total. The Labute approximate surface area is 197 Å². The van der Waals surface area contributed by atoms with Crippen LogP contribution in [0.15, 0.2) is 42.7 Å². The molecule has 3 N–H and O–H groups in total. The lowest BCUT2D eigenvalue weighted by molar-refractivity contribution is 0.0985.